The summed E-state index contributed by atoms with van der Waals surface area (Å²) >= 11 is 0. The predicted molar refractivity (Wildman–Crippen MR) is 318 cm³/mol. The van der Waals surface area contributed by atoms with Crippen molar-refractivity contribution in [2.24, 2.45) is 0 Å². The average molecular weight is 1050 g/mol. The molecule has 8 bridgehead atoms. The van der Waals surface area contributed by atoms with E-state index in [9.17, 15) is 20.4 Å². The van der Waals surface area contributed by atoms with Gasteiger partial charge in [-0.1, -0.05) is 132 Å². The molecule has 12 nitrogen and oxygen atoms in total. The van der Waals surface area contributed by atoms with Crippen LogP contribution in [-0.4, -0.2) is 121 Å². The van der Waals surface area contributed by atoms with E-state index in [-0.39, 0.29) is 21.7 Å². The van der Waals surface area contributed by atoms with Crippen LogP contribution in [0.5, 0.6) is 23.0 Å². The predicted octanol–water partition coefficient (Wildman–Crippen LogP) is 10.5. The van der Waals surface area contributed by atoms with Crippen molar-refractivity contribution in [3.8, 4) is 23.0 Å². The summed E-state index contributed by atoms with van der Waals surface area (Å²) < 4.78 is 0. The fourth-order valence-electron chi connectivity index (χ4n) is 10.1. The van der Waals surface area contributed by atoms with Crippen molar-refractivity contribution in [3.63, 3.8) is 0 Å². The van der Waals surface area contributed by atoms with E-state index in [1.807, 2.05) is 0 Å². The molecular formula is C64H104N8O4. The van der Waals surface area contributed by atoms with Crippen LogP contribution >= 0.6 is 0 Å². The fraction of sp³-hybridized carbons (Fsp3) is 0.625. The molecule has 0 aromatic heterocycles. The molecule has 2 heterocycles. The molecule has 4 aromatic rings. The Morgan fingerprint density at radius 1 is 0.303 bits per heavy atom. The lowest BCUT2D eigenvalue weighted by molar-refractivity contribution is 0.258. The summed E-state index contributed by atoms with van der Waals surface area (Å²) in [6.45, 7) is 39.3. The van der Waals surface area contributed by atoms with Gasteiger partial charge in [0, 0.05) is 96.9 Å². The van der Waals surface area contributed by atoms with Crippen molar-refractivity contribution in [3.05, 3.63) is 115 Å². The molecule has 424 valence electrons. The normalized spacial score (nSPS) is 18.3. The molecule has 6 rings (SSSR count). The van der Waals surface area contributed by atoms with Gasteiger partial charge in [0.05, 0.1) is 0 Å². The highest BCUT2D eigenvalue weighted by Crippen LogP contribution is 2.36. The second kappa shape index (κ2) is 27.6. The number of rotatable bonds is 0. The number of nitrogens with zero attached hydrogens (tertiary/aromatic N) is 4. The Hall–Kier alpha value is -4.24. The van der Waals surface area contributed by atoms with Gasteiger partial charge in [0.1, 0.15) is 23.0 Å². The first-order valence-corrected chi connectivity index (χ1v) is 28.5. The first-order valence-electron chi connectivity index (χ1n) is 28.5. The highest BCUT2D eigenvalue weighted by atomic mass is 16.3. The first kappa shape index (κ1) is 62.6. The van der Waals surface area contributed by atoms with Crippen molar-refractivity contribution in [2.75, 3.05) is 80.5 Å². The SMILES string of the molecule is CC(C)(C)c1cc2c(O)c(c1)CNCCCNCc1cc(C(C)(C)C)cc(c1O)CNCCCNC2.CN1CCCN(C)Cc2cc(C(C)(C)C)cc(c2O)CN(C)CCCN(C)Cc2cc(C(C)(C)C)cc(c2O)C1. The summed E-state index contributed by atoms with van der Waals surface area (Å²) in [4.78, 5) is 9.25. The molecule has 0 saturated carbocycles. The molecule has 0 radical (unpaired) electrons. The minimum Gasteiger partial charge on any atom is -0.507 e. The van der Waals surface area contributed by atoms with E-state index in [4.69, 9.17) is 0 Å². The van der Waals surface area contributed by atoms with E-state index < -0.39 is 0 Å². The zero-order valence-electron chi connectivity index (χ0n) is 50.3. The number of hydrogen-bond donors (Lipinski definition) is 8. The molecule has 0 amide bonds. The zero-order chi connectivity index (χ0) is 56.2. The monoisotopic (exact) mass is 1050 g/mol. The Balaban J connectivity index is 0.000000282. The molecule has 0 spiro atoms. The van der Waals surface area contributed by atoms with Crippen LogP contribution in [0.1, 0.15) is 176 Å². The van der Waals surface area contributed by atoms with Crippen LogP contribution in [0.3, 0.4) is 0 Å². The second-order valence-electron chi connectivity index (χ2n) is 26.6. The molecule has 12 heteroatoms. The van der Waals surface area contributed by atoms with Gasteiger partial charge in [-0.25, -0.2) is 0 Å². The fourth-order valence-corrected chi connectivity index (χ4v) is 10.1. The maximum atomic E-state index is 11.3. The van der Waals surface area contributed by atoms with Crippen molar-refractivity contribution < 1.29 is 20.4 Å². The maximum absolute atomic E-state index is 11.3. The Bertz CT molecular complexity index is 2180. The summed E-state index contributed by atoms with van der Waals surface area (Å²) in [5.41, 5.74) is 13.0. The van der Waals surface area contributed by atoms with Crippen LogP contribution in [0.25, 0.3) is 0 Å². The standard InChI is InChI=1S/C34H56N4O2.C30H48N4O2/c1-33(2,3)29-17-25-21-35(7)13-11-15-37(9)23-27-19-30(34(4,5)6)20-28(32(27)40)24-38(10)16-12-14-36(8)22-26(18-29)31(25)39;1-29(2,3)25-13-21-17-31-9-7-11-33-19-23-15-26(30(4,5)6)16-24(28(23)36)20-34-12-8-10-32-18-22(14-25)27(21)35/h17-20,39-40H,11-16,21-24H2,1-10H3;13-16,31-36H,7-12,17-20H2,1-6H3. The Morgan fingerprint density at radius 3 is 0.684 bits per heavy atom. The summed E-state index contributed by atoms with van der Waals surface area (Å²) in [5.74, 6) is 1.69. The second-order valence-corrected chi connectivity index (χ2v) is 26.6. The number of hydrogen-bond acceptors (Lipinski definition) is 12. The average Bonchev–Trinajstić information content (AvgIpc) is 3.30. The van der Waals surface area contributed by atoms with Gasteiger partial charge in [-0.15, -0.1) is 0 Å². The number of phenolic OH excluding ortho intramolecular Hbond substituents is 4. The van der Waals surface area contributed by atoms with E-state index >= 15 is 0 Å². The smallest absolute Gasteiger partial charge is 0.124 e. The third-order valence-corrected chi connectivity index (χ3v) is 15.1. The van der Waals surface area contributed by atoms with Gasteiger partial charge < -0.3 is 61.3 Å². The summed E-state index contributed by atoms with van der Waals surface area (Å²) in [5, 5.41) is 58.5. The molecular weight excluding hydrogens is 945 g/mol. The van der Waals surface area contributed by atoms with Crippen molar-refractivity contribution in [1.29, 1.82) is 0 Å². The van der Waals surface area contributed by atoms with Crippen LogP contribution in [0, 0.1) is 0 Å². The van der Waals surface area contributed by atoms with Crippen molar-refractivity contribution in [2.45, 2.75) is 183 Å². The van der Waals surface area contributed by atoms with Crippen LogP contribution < -0.4 is 21.3 Å². The summed E-state index contributed by atoms with van der Waals surface area (Å²) in [7, 11) is 8.57. The summed E-state index contributed by atoms with van der Waals surface area (Å²) in [6, 6.07) is 17.4. The van der Waals surface area contributed by atoms with E-state index in [0.29, 0.717) is 49.2 Å². The van der Waals surface area contributed by atoms with Crippen LogP contribution in [-0.2, 0) is 74.0 Å². The minimum absolute atomic E-state index is 0.0157. The molecule has 4 aromatic carbocycles. The third kappa shape index (κ3) is 19.0. The van der Waals surface area contributed by atoms with Crippen LogP contribution in [0.2, 0.25) is 0 Å². The van der Waals surface area contributed by atoms with Gasteiger partial charge in [0.2, 0.25) is 0 Å². The molecule has 2 aliphatic rings. The van der Waals surface area contributed by atoms with E-state index in [2.05, 4.69) is 201 Å². The zero-order valence-corrected chi connectivity index (χ0v) is 50.3. The molecule has 0 atom stereocenters. The molecule has 0 unspecified atom stereocenters. The molecule has 0 saturated heterocycles. The van der Waals surface area contributed by atoms with E-state index in [1.54, 1.807) is 0 Å². The molecule has 8 N–H and O–H groups in total. The quantitative estimate of drug-likeness (QED) is 0.0850. The topological polar surface area (TPSA) is 142 Å². The van der Waals surface area contributed by atoms with E-state index in [0.717, 1.165) is 149 Å². The van der Waals surface area contributed by atoms with E-state index in [1.165, 1.54) is 22.3 Å². The van der Waals surface area contributed by atoms with Gasteiger partial charge in [-0.05, 0) is 150 Å². The molecule has 0 fully saturated rings. The van der Waals surface area contributed by atoms with Gasteiger partial charge >= 0.3 is 0 Å². The lowest BCUT2D eigenvalue weighted by atomic mass is 9.84. The van der Waals surface area contributed by atoms with Crippen LogP contribution in [0.15, 0.2) is 48.5 Å². The van der Waals surface area contributed by atoms with Gasteiger partial charge in [-0.3, -0.25) is 0 Å². The van der Waals surface area contributed by atoms with Crippen molar-refractivity contribution in [1.82, 2.24) is 40.9 Å². The minimum atomic E-state index is 0.0157. The molecule has 0 aliphatic carbocycles. The molecule has 2 aliphatic heterocycles. The van der Waals surface area contributed by atoms with Gasteiger partial charge in [0.25, 0.3) is 0 Å². The lowest BCUT2D eigenvalue weighted by Gasteiger charge is -2.28. The van der Waals surface area contributed by atoms with Crippen LogP contribution in [0.4, 0.5) is 0 Å². The largest absolute Gasteiger partial charge is 0.507 e. The Morgan fingerprint density at radius 2 is 0.487 bits per heavy atom. The molecule has 76 heavy (non-hydrogen) atoms. The maximum Gasteiger partial charge on any atom is 0.124 e. The number of aromatic hydroxyl groups is 4. The summed E-state index contributed by atoms with van der Waals surface area (Å²) in [6.07, 6.45) is 3.94. The van der Waals surface area contributed by atoms with Gasteiger partial charge in [0.15, 0.2) is 0 Å². The van der Waals surface area contributed by atoms with Crippen molar-refractivity contribution >= 4 is 0 Å². The highest BCUT2D eigenvalue weighted by Gasteiger charge is 2.24. The lowest BCUT2D eigenvalue weighted by Crippen LogP contribution is -2.27. The van der Waals surface area contributed by atoms with Gasteiger partial charge in [-0.2, -0.15) is 0 Å². The number of phenols is 4. The highest BCUT2D eigenvalue weighted by molar-refractivity contribution is 5.49. The third-order valence-electron chi connectivity index (χ3n) is 15.1. The Kier molecular flexibility index (Phi) is 22.7. The number of benzene rings is 4. The Labute approximate surface area is 461 Å². The number of fused-ring (bicyclic) bond motifs is 8. The first-order chi connectivity index (χ1) is 35.5. The number of nitrogens with one attached hydrogen (secondary N) is 4.